The van der Waals surface area contributed by atoms with Gasteiger partial charge in [0, 0.05) is 37.5 Å². The zero-order chi connectivity index (χ0) is 25.1. The Bertz CT molecular complexity index is 981. The smallest absolute Gasteiger partial charge is 0.421 e. The lowest BCUT2D eigenvalue weighted by Gasteiger charge is -2.40. The molecule has 1 saturated carbocycles. The summed E-state index contributed by atoms with van der Waals surface area (Å²) >= 11 is 0. The Morgan fingerprint density at radius 1 is 1.18 bits per heavy atom. The van der Waals surface area contributed by atoms with E-state index >= 15 is 0 Å². The van der Waals surface area contributed by atoms with E-state index in [-0.39, 0.29) is 30.2 Å². The topological polar surface area (TPSA) is 92.2 Å². The van der Waals surface area contributed by atoms with Crippen molar-refractivity contribution in [1.29, 1.82) is 0 Å². The second kappa shape index (κ2) is 9.85. The van der Waals surface area contributed by atoms with Gasteiger partial charge < -0.3 is 20.5 Å². The predicted octanol–water partition coefficient (Wildman–Crippen LogP) is 4.89. The van der Waals surface area contributed by atoms with Crippen LogP contribution in [-0.4, -0.2) is 44.7 Å². The molecular formula is C22H28F5N5O2. The summed E-state index contributed by atoms with van der Waals surface area (Å²) in [5, 5.41) is 15.8. The van der Waals surface area contributed by atoms with Crippen molar-refractivity contribution in [2.24, 2.45) is 5.41 Å². The van der Waals surface area contributed by atoms with Crippen LogP contribution in [0.1, 0.15) is 51.2 Å². The molecule has 0 aromatic carbocycles. The number of hydrogen-bond donors (Lipinski definition) is 3. The number of halogens is 5. The lowest BCUT2D eigenvalue weighted by Crippen LogP contribution is -2.41. The van der Waals surface area contributed by atoms with Crippen molar-refractivity contribution in [2.75, 3.05) is 17.2 Å². The number of hydrogen-bond acceptors (Lipinski definition) is 7. The number of rotatable bonds is 8. The monoisotopic (exact) mass is 489 g/mol. The number of aromatic nitrogens is 3. The van der Waals surface area contributed by atoms with Gasteiger partial charge in [-0.05, 0) is 30.7 Å². The highest BCUT2D eigenvalue weighted by molar-refractivity contribution is 5.50. The van der Waals surface area contributed by atoms with Crippen LogP contribution in [-0.2, 0) is 12.7 Å². The number of anilines is 2. The number of aliphatic hydroxyl groups is 1. The van der Waals surface area contributed by atoms with E-state index in [0.717, 1.165) is 0 Å². The maximum Gasteiger partial charge on any atom is 0.421 e. The Labute approximate surface area is 194 Å². The second-order valence-electron chi connectivity index (χ2n) is 9.26. The Hall–Kier alpha value is -2.76. The highest BCUT2D eigenvalue weighted by atomic mass is 19.4. The van der Waals surface area contributed by atoms with Crippen LogP contribution in [0.2, 0.25) is 0 Å². The summed E-state index contributed by atoms with van der Waals surface area (Å²) in [6.07, 6.45) is -1.70. The molecule has 0 unspecified atom stereocenters. The summed E-state index contributed by atoms with van der Waals surface area (Å²) in [6.45, 7) is 3.57. The number of nitrogens with zero attached hydrogens (tertiary/aromatic N) is 3. The van der Waals surface area contributed by atoms with Gasteiger partial charge in [0.15, 0.2) is 6.61 Å². The van der Waals surface area contributed by atoms with Crippen LogP contribution >= 0.6 is 0 Å². The Morgan fingerprint density at radius 3 is 2.56 bits per heavy atom. The number of pyridine rings is 1. The SMILES string of the molecule is CC(F)(F)COc1ncccc1CNc1ncc(C(F)(F)F)c(N[C@@H]2CC[C@H](O)C(C)(C)C2)n1. The summed E-state index contributed by atoms with van der Waals surface area (Å²) in [7, 11) is 0. The van der Waals surface area contributed by atoms with E-state index < -0.39 is 35.8 Å². The molecular weight excluding hydrogens is 461 g/mol. The zero-order valence-corrected chi connectivity index (χ0v) is 19.1. The maximum absolute atomic E-state index is 13.6. The first kappa shape index (κ1) is 25.9. The molecule has 0 amide bonds. The molecule has 0 aliphatic heterocycles. The Morgan fingerprint density at radius 2 is 1.91 bits per heavy atom. The van der Waals surface area contributed by atoms with E-state index in [4.69, 9.17) is 4.74 Å². The van der Waals surface area contributed by atoms with Gasteiger partial charge in [-0.1, -0.05) is 19.9 Å². The number of ether oxygens (including phenoxy) is 1. The summed E-state index contributed by atoms with van der Waals surface area (Å²) in [5.41, 5.74) is -1.04. The molecule has 188 valence electrons. The van der Waals surface area contributed by atoms with Crippen LogP contribution < -0.4 is 15.4 Å². The predicted molar refractivity (Wildman–Crippen MR) is 116 cm³/mol. The van der Waals surface area contributed by atoms with E-state index in [2.05, 4.69) is 25.6 Å². The summed E-state index contributed by atoms with van der Waals surface area (Å²) in [6, 6.07) is 2.85. The molecule has 1 fully saturated rings. The molecule has 2 aromatic heterocycles. The van der Waals surface area contributed by atoms with Gasteiger partial charge in [0.05, 0.1) is 6.10 Å². The molecule has 12 heteroatoms. The average molecular weight is 489 g/mol. The first-order valence-corrected chi connectivity index (χ1v) is 10.8. The molecule has 2 aromatic rings. The minimum atomic E-state index is -4.67. The van der Waals surface area contributed by atoms with Crippen LogP contribution in [0.4, 0.5) is 33.7 Å². The van der Waals surface area contributed by atoms with Crippen molar-refractivity contribution in [3.8, 4) is 5.88 Å². The van der Waals surface area contributed by atoms with E-state index in [9.17, 15) is 27.1 Å². The minimum absolute atomic E-state index is 0.00802. The van der Waals surface area contributed by atoms with Crippen LogP contribution in [0.25, 0.3) is 0 Å². The van der Waals surface area contributed by atoms with Crippen molar-refractivity contribution < 1.29 is 31.8 Å². The van der Waals surface area contributed by atoms with Gasteiger partial charge >= 0.3 is 6.18 Å². The first-order chi connectivity index (χ1) is 15.7. The lowest BCUT2D eigenvalue weighted by molar-refractivity contribution is -0.137. The first-order valence-electron chi connectivity index (χ1n) is 10.8. The molecule has 7 nitrogen and oxygen atoms in total. The van der Waals surface area contributed by atoms with E-state index in [0.29, 0.717) is 37.9 Å². The van der Waals surface area contributed by atoms with Crippen molar-refractivity contribution in [2.45, 2.75) is 70.8 Å². The van der Waals surface area contributed by atoms with Crippen molar-refractivity contribution in [3.05, 3.63) is 35.7 Å². The fraction of sp³-hybridized carbons (Fsp3) is 0.591. The van der Waals surface area contributed by atoms with Crippen molar-refractivity contribution in [1.82, 2.24) is 15.0 Å². The lowest BCUT2D eigenvalue weighted by atomic mass is 9.73. The molecule has 1 aliphatic rings. The zero-order valence-electron chi connectivity index (χ0n) is 19.1. The summed E-state index contributed by atoms with van der Waals surface area (Å²) in [4.78, 5) is 11.7. The maximum atomic E-state index is 13.6. The van der Waals surface area contributed by atoms with Crippen molar-refractivity contribution >= 4 is 11.8 Å². The molecule has 0 spiro atoms. The molecule has 3 N–H and O–H groups in total. The summed E-state index contributed by atoms with van der Waals surface area (Å²) < 4.78 is 72.0. The van der Waals surface area contributed by atoms with E-state index in [1.807, 2.05) is 13.8 Å². The highest BCUT2D eigenvalue weighted by Gasteiger charge is 2.39. The van der Waals surface area contributed by atoms with E-state index in [1.165, 1.54) is 6.20 Å². The second-order valence-corrected chi connectivity index (χ2v) is 9.26. The number of alkyl halides is 5. The van der Waals surface area contributed by atoms with Gasteiger partial charge in [-0.25, -0.2) is 18.7 Å². The fourth-order valence-electron chi connectivity index (χ4n) is 3.78. The standard InChI is InChI=1S/C22H28F5N5O2/c1-20(2)9-14(6-7-16(20)33)31-17-15(22(25,26)27)11-30-19(32-17)29-10-13-5-4-8-28-18(13)34-12-21(3,23)24/h4-5,8,11,14,16,33H,6-7,9-10,12H2,1-3H3,(H2,29,30,31,32)/t14-,16+/m1/s1. The van der Waals surface area contributed by atoms with Crippen LogP contribution in [0, 0.1) is 5.41 Å². The molecule has 1 aliphatic carbocycles. The third-order valence-corrected chi connectivity index (χ3v) is 5.65. The molecule has 2 atom stereocenters. The van der Waals surface area contributed by atoms with Crippen molar-refractivity contribution in [3.63, 3.8) is 0 Å². The molecule has 34 heavy (non-hydrogen) atoms. The van der Waals surface area contributed by atoms with E-state index in [1.54, 1.807) is 12.1 Å². The molecule has 0 bridgehead atoms. The van der Waals surface area contributed by atoms with Crippen LogP contribution in [0.5, 0.6) is 5.88 Å². The molecule has 2 heterocycles. The van der Waals surface area contributed by atoms with Crippen LogP contribution in [0.15, 0.2) is 24.5 Å². The quantitative estimate of drug-likeness (QED) is 0.455. The summed E-state index contributed by atoms with van der Waals surface area (Å²) in [5.74, 6) is -3.52. The van der Waals surface area contributed by atoms with Gasteiger partial charge in [0.25, 0.3) is 5.92 Å². The minimum Gasteiger partial charge on any atom is -0.471 e. The number of nitrogens with one attached hydrogen (secondary N) is 2. The normalized spacial score (nSPS) is 20.6. The largest absolute Gasteiger partial charge is 0.471 e. The average Bonchev–Trinajstić information content (AvgIpc) is 2.72. The third-order valence-electron chi connectivity index (χ3n) is 5.65. The fourth-order valence-corrected chi connectivity index (χ4v) is 3.78. The third kappa shape index (κ3) is 6.87. The molecule has 3 rings (SSSR count). The van der Waals surface area contributed by atoms with Gasteiger partial charge in [0.1, 0.15) is 11.4 Å². The highest BCUT2D eigenvalue weighted by Crippen LogP contribution is 2.39. The van der Waals surface area contributed by atoms with Gasteiger partial charge in [-0.15, -0.1) is 0 Å². The number of aliphatic hydroxyl groups excluding tert-OH is 1. The van der Waals surface area contributed by atoms with Gasteiger partial charge in [-0.2, -0.15) is 18.2 Å². The Balaban J connectivity index is 1.77. The van der Waals surface area contributed by atoms with Crippen LogP contribution in [0.3, 0.4) is 0 Å². The molecule has 0 saturated heterocycles. The van der Waals surface area contributed by atoms with Gasteiger partial charge in [0.2, 0.25) is 11.8 Å². The Kier molecular flexibility index (Phi) is 7.49. The molecule has 0 radical (unpaired) electrons. The van der Waals surface area contributed by atoms with Gasteiger partial charge in [-0.3, -0.25) is 0 Å².